The van der Waals surface area contributed by atoms with Crippen LogP contribution in [0.2, 0.25) is 0 Å². The number of nitriles is 1. The highest BCUT2D eigenvalue weighted by Gasteiger charge is 2.26. The van der Waals surface area contributed by atoms with Crippen LogP contribution in [-0.2, 0) is 0 Å². The molecule has 0 unspecified atom stereocenters. The average molecular weight is 965 g/mol. The summed E-state index contributed by atoms with van der Waals surface area (Å²) in [6.45, 7) is 13.2. The van der Waals surface area contributed by atoms with E-state index < -0.39 is 0 Å². The van der Waals surface area contributed by atoms with Gasteiger partial charge >= 0.3 is 0 Å². The Kier molecular flexibility index (Phi) is 11.9. The number of fused-ring (bicyclic) bond motifs is 3. The predicted molar refractivity (Wildman–Crippen MR) is 309 cm³/mol. The molecule has 0 aliphatic heterocycles. The SMILES string of the molecule is Cc1cc(C)c(-c2ccc3c(c2)c2cc(-c4c(C)cc(C)cc4C)ccc2n3-c2c(-c3cc(-c4ccccc4)nc(-c4ccccc4)n3)cc(C#N)cc2-c2nc(-c3ccccc3)cc(-c3ccccc3)n2)c(C)c1. The molecule has 0 aliphatic carbocycles. The topological polar surface area (TPSA) is 80.3 Å². The molecule has 9 aromatic carbocycles. The molecule has 358 valence electrons. The van der Waals surface area contributed by atoms with Crippen LogP contribution >= 0.6 is 0 Å². The van der Waals surface area contributed by atoms with Gasteiger partial charge in [-0.2, -0.15) is 5.26 Å². The molecule has 0 saturated heterocycles. The van der Waals surface area contributed by atoms with Gasteiger partial charge < -0.3 is 4.57 Å². The first-order valence-electron chi connectivity index (χ1n) is 25.4. The van der Waals surface area contributed by atoms with Crippen molar-refractivity contribution in [1.29, 1.82) is 5.26 Å². The highest BCUT2D eigenvalue weighted by molar-refractivity contribution is 6.13. The summed E-state index contributed by atoms with van der Waals surface area (Å²) >= 11 is 0. The lowest BCUT2D eigenvalue weighted by molar-refractivity contribution is 1.13. The molecule has 0 bridgehead atoms. The molecule has 0 saturated carbocycles. The monoisotopic (exact) mass is 964 g/mol. The number of nitrogens with zero attached hydrogens (tertiary/aromatic N) is 6. The Labute approximate surface area is 438 Å². The predicted octanol–water partition coefficient (Wildman–Crippen LogP) is 17.4. The molecule has 6 nitrogen and oxygen atoms in total. The summed E-state index contributed by atoms with van der Waals surface area (Å²) in [5.41, 5.74) is 23.4. The minimum absolute atomic E-state index is 0.445. The molecular weight excluding hydrogens is 913 g/mol. The maximum atomic E-state index is 11.1. The molecule has 3 aromatic heterocycles. The molecule has 0 spiro atoms. The fourth-order valence-corrected chi connectivity index (χ4v) is 11.3. The van der Waals surface area contributed by atoms with Gasteiger partial charge in [0.25, 0.3) is 0 Å². The summed E-state index contributed by atoms with van der Waals surface area (Å²) in [7, 11) is 0. The molecule has 6 heteroatoms. The highest BCUT2D eigenvalue weighted by Crippen LogP contribution is 2.45. The Balaban J connectivity index is 1.25. The number of aryl methyl sites for hydroxylation is 6. The lowest BCUT2D eigenvalue weighted by atomic mass is 9.91. The molecule has 0 N–H and O–H groups in total. The first kappa shape index (κ1) is 46.5. The average Bonchev–Trinajstić information content (AvgIpc) is 3.88. The minimum Gasteiger partial charge on any atom is -0.308 e. The van der Waals surface area contributed by atoms with E-state index in [-0.39, 0.29) is 0 Å². The van der Waals surface area contributed by atoms with Crippen LogP contribution in [0.4, 0.5) is 0 Å². The third kappa shape index (κ3) is 8.65. The van der Waals surface area contributed by atoms with Gasteiger partial charge in [-0.1, -0.05) is 169 Å². The van der Waals surface area contributed by atoms with E-state index in [2.05, 4.69) is 161 Å². The third-order valence-corrected chi connectivity index (χ3v) is 14.4. The minimum atomic E-state index is 0.445. The van der Waals surface area contributed by atoms with E-state index in [4.69, 9.17) is 19.9 Å². The van der Waals surface area contributed by atoms with Gasteiger partial charge in [-0.05, 0) is 135 Å². The first-order valence-corrected chi connectivity index (χ1v) is 25.4. The number of rotatable bonds is 9. The van der Waals surface area contributed by atoms with Gasteiger partial charge in [0.15, 0.2) is 11.6 Å². The Bertz CT molecular complexity index is 3800. The summed E-state index contributed by atoms with van der Waals surface area (Å²) in [5, 5.41) is 13.3. The number of aromatic nitrogens is 5. The molecule has 12 aromatic rings. The summed E-state index contributed by atoms with van der Waals surface area (Å²) in [6, 6.07) is 74.2. The van der Waals surface area contributed by atoms with Crippen molar-refractivity contribution in [2.24, 2.45) is 0 Å². The van der Waals surface area contributed by atoms with Crippen molar-refractivity contribution in [3.63, 3.8) is 0 Å². The molecule has 12 rings (SSSR count). The second kappa shape index (κ2) is 19.1. The first-order chi connectivity index (χ1) is 36.6. The third-order valence-electron chi connectivity index (χ3n) is 14.4. The molecule has 0 fully saturated rings. The fourth-order valence-electron chi connectivity index (χ4n) is 11.3. The zero-order chi connectivity index (χ0) is 51.3. The van der Waals surface area contributed by atoms with Crippen molar-refractivity contribution in [1.82, 2.24) is 24.5 Å². The lowest BCUT2D eigenvalue weighted by Gasteiger charge is -2.20. The number of hydrogen-bond donors (Lipinski definition) is 0. The highest BCUT2D eigenvalue weighted by atomic mass is 15.0. The van der Waals surface area contributed by atoms with Crippen molar-refractivity contribution in [2.75, 3.05) is 0 Å². The molecule has 0 radical (unpaired) electrons. The van der Waals surface area contributed by atoms with Crippen LogP contribution in [0.1, 0.15) is 38.9 Å². The second-order valence-electron chi connectivity index (χ2n) is 19.8. The summed E-state index contributed by atoms with van der Waals surface area (Å²) in [6.07, 6.45) is 0. The largest absolute Gasteiger partial charge is 0.308 e. The van der Waals surface area contributed by atoms with E-state index >= 15 is 0 Å². The van der Waals surface area contributed by atoms with E-state index in [0.717, 1.165) is 83.5 Å². The zero-order valence-electron chi connectivity index (χ0n) is 42.8. The summed E-state index contributed by atoms with van der Waals surface area (Å²) in [5.74, 6) is 1.05. The van der Waals surface area contributed by atoms with Gasteiger partial charge in [0.2, 0.25) is 0 Å². The van der Waals surface area contributed by atoms with Crippen molar-refractivity contribution < 1.29 is 0 Å². The summed E-state index contributed by atoms with van der Waals surface area (Å²) in [4.78, 5) is 21.6. The van der Waals surface area contributed by atoms with Gasteiger partial charge in [-0.25, -0.2) is 19.9 Å². The molecule has 0 atom stereocenters. The Morgan fingerprint density at radius 1 is 0.347 bits per heavy atom. The van der Waals surface area contributed by atoms with Gasteiger partial charge in [0.1, 0.15) is 0 Å². The van der Waals surface area contributed by atoms with E-state index in [9.17, 15) is 5.26 Å². The standard InChI is InChI=1S/C69H52N6/c1-42-31-44(3)65(45(4)32-42)53-27-29-63-55(37-53)56-38-54(66-46(5)33-43(2)34-47(66)6)28-30-64(56)75(63)67-57(62-40-61(51-23-15-9-16-24-51)71-68(74-62)52-25-17-10-18-26-52)35-48(41-70)36-58(67)69-72-59(49-19-11-7-12-20-49)39-60(73-69)50-21-13-8-14-22-50/h7-40H,1-6H3. The van der Waals surface area contributed by atoms with Crippen molar-refractivity contribution in [3.8, 4) is 102 Å². The number of hydrogen-bond acceptors (Lipinski definition) is 5. The van der Waals surface area contributed by atoms with Gasteiger partial charge in [-0.15, -0.1) is 0 Å². The van der Waals surface area contributed by atoms with E-state index in [1.165, 1.54) is 44.5 Å². The van der Waals surface area contributed by atoms with Crippen molar-refractivity contribution in [2.45, 2.75) is 41.5 Å². The molecule has 0 aliphatic rings. The molecule has 0 amide bonds. The van der Waals surface area contributed by atoms with Gasteiger partial charge in [0.05, 0.1) is 51.1 Å². The van der Waals surface area contributed by atoms with Crippen LogP contribution in [-0.4, -0.2) is 24.5 Å². The van der Waals surface area contributed by atoms with Crippen LogP contribution < -0.4 is 0 Å². The lowest BCUT2D eigenvalue weighted by Crippen LogP contribution is -2.06. The maximum Gasteiger partial charge on any atom is 0.162 e. The van der Waals surface area contributed by atoms with E-state index in [1.54, 1.807) is 0 Å². The maximum absolute atomic E-state index is 11.1. The van der Waals surface area contributed by atoms with Gasteiger partial charge in [0, 0.05) is 44.2 Å². The fraction of sp³-hybridized carbons (Fsp3) is 0.0870. The molecule has 75 heavy (non-hydrogen) atoms. The van der Waals surface area contributed by atoms with Gasteiger partial charge in [-0.3, -0.25) is 0 Å². The Hall–Kier alpha value is -9.57. The van der Waals surface area contributed by atoms with Crippen LogP contribution in [0.3, 0.4) is 0 Å². The van der Waals surface area contributed by atoms with Crippen LogP contribution in [0.25, 0.3) is 118 Å². The van der Waals surface area contributed by atoms with Crippen LogP contribution in [0, 0.1) is 52.9 Å². The van der Waals surface area contributed by atoms with Crippen molar-refractivity contribution in [3.05, 3.63) is 245 Å². The van der Waals surface area contributed by atoms with E-state index in [1.807, 2.05) is 97.1 Å². The smallest absolute Gasteiger partial charge is 0.162 e. The summed E-state index contributed by atoms with van der Waals surface area (Å²) < 4.78 is 2.36. The molecular formula is C69H52N6. The second-order valence-corrected chi connectivity index (χ2v) is 19.8. The Morgan fingerprint density at radius 3 is 1.15 bits per heavy atom. The Morgan fingerprint density at radius 2 is 0.720 bits per heavy atom. The van der Waals surface area contributed by atoms with Crippen molar-refractivity contribution >= 4 is 21.8 Å². The quantitative estimate of drug-likeness (QED) is 0.144. The van der Waals surface area contributed by atoms with Crippen LogP contribution in [0.5, 0.6) is 0 Å². The van der Waals surface area contributed by atoms with E-state index in [0.29, 0.717) is 28.5 Å². The number of benzene rings is 9. The zero-order valence-corrected chi connectivity index (χ0v) is 42.8. The normalized spacial score (nSPS) is 11.3. The molecule has 3 heterocycles. The van der Waals surface area contributed by atoms with Crippen LogP contribution in [0.15, 0.2) is 206 Å².